The van der Waals surface area contributed by atoms with Crippen LogP contribution in [0.2, 0.25) is 0 Å². The molecule has 0 amide bonds. The van der Waals surface area contributed by atoms with Crippen molar-refractivity contribution in [3.8, 4) is 0 Å². The van der Waals surface area contributed by atoms with E-state index in [0.717, 1.165) is 11.5 Å². The summed E-state index contributed by atoms with van der Waals surface area (Å²) in [7, 11) is -4.94. The maximum Gasteiger partial charge on any atom is 0.344 e. The summed E-state index contributed by atoms with van der Waals surface area (Å²) in [6, 6.07) is 4.29. The number of fused-ring (bicyclic) bond motifs is 1. The Balaban J connectivity index is 0.000000249. The second-order valence-electron chi connectivity index (χ2n) is 3.43. The molecule has 0 fully saturated rings. The molecule has 0 aliphatic rings. The number of thiophene rings is 1. The van der Waals surface area contributed by atoms with Gasteiger partial charge >= 0.3 is 11.5 Å². The van der Waals surface area contributed by atoms with Crippen LogP contribution < -0.4 is 18.6 Å². The topological polar surface area (TPSA) is 104 Å². The summed E-state index contributed by atoms with van der Waals surface area (Å²) in [4.78, 5) is 1.34. The van der Waals surface area contributed by atoms with Gasteiger partial charge in [-0.2, -0.15) is 0 Å². The maximum atomic E-state index is 8.49. The molecule has 2 aromatic rings. The Labute approximate surface area is 104 Å². The number of hydrogen-bond acceptors (Lipinski definition) is 5. The van der Waals surface area contributed by atoms with Gasteiger partial charge in [-0.1, -0.05) is 0 Å². The Kier molecular flexibility index (Phi) is 4.42. The van der Waals surface area contributed by atoms with Gasteiger partial charge in [-0.3, -0.25) is 0 Å². The van der Waals surface area contributed by atoms with E-state index >= 15 is 0 Å². The second-order valence-corrected chi connectivity index (χ2v) is 5.44. The van der Waals surface area contributed by atoms with Crippen molar-refractivity contribution >= 4 is 21.4 Å². The van der Waals surface area contributed by atoms with Crippen molar-refractivity contribution in [2.75, 3.05) is 0 Å². The van der Waals surface area contributed by atoms with Crippen LogP contribution in [-0.2, 0) is 0 Å². The van der Waals surface area contributed by atoms with Crippen molar-refractivity contribution in [3.63, 3.8) is 0 Å². The van der Waals surface area contributed by atoms with E-state index in [4.69, 9.17) is 23.1 Å². The van der Waals surface area contributed by atoms with E-state index in [-0.39, 0.29) is 0 Å². The average molecular weight is 279 g/mol. The van der Waals surface area contributed by atoms with E-state index in [1.54, 1.807) is 11.3 Å². The molecule has 7 heteroatoms. The van der Waals surface area contributed by atoms with Gasteiger partial charge in [-0.05, 0) is 13.0 Å². The minimum atomic E-state index is -4.94. The lowest BCUT2D eigenvalue weighted by atomic mass is 10.2. The first-order valence-corrected chi connectivity index (χ1v) is 6.64. The van der Waals surface area contributed by atoms with Gasteiger partial charge in [0.25, 0.3) is 0 Å². The summed E-state index contributed by atoms with van der Waals surface area (Å²) in [6.07, 6.45) is 0. The van der Waals surface area contributed by atoms with Gasteiger partial charge in [0, 0.05) is 16.3 Å². The molecule has 0 N–H and O–H groups in total. The van der Waals surface area contributed by atoms with Crippen LogP contribution in [-0.4, -0.2) is 0 Å². The first-order chi connectivity index (χ1) is 7.66. The molecule has 0 spiro atoms. The summed E-state index contributed by atoms with van der Waals surface area (Å²) in [6.45, 7) is 6.13. The van der Waals surface area contributed by atoms with Crippen LogP contribution >= 0.6 is 11.3 Å². The quantitative estimate of drug-likeness (QED) is 0.572. The molecule has 0 unspecified atom stereocenters. The number of hydrogen-bond donors (Lipinski definition) is 0. The lowest BCUT2D eigenvalue weighted by molar-refractivity contribution is -2.00. The third-order valence-corrected chi connectivity index (χ3v) is 3.04. The summed E-state index contributed by atoms with van der Waals surface area (Å²) in [5.41, 5.74) is 0. The monoisotopic (exact) mass is 278 g/mol. The summed E-state index contributed by atoms with van der Waals surface area (Å²) >= 11 is 1.79. The van der Waals surface area contributed by atoms with Gasteiger partial charge in [0.15, 0.2) is 0 Å². The van der Waals surface area contributed by atoms with Crippen LogP contribution in [0.5, 0.6) is 0 Å². The van der Waals surface area contributed by atoms with E-state index in [0.29, 0.717) is 0 Å². The third kappa shape index (κ3) is 4.95. The fourth-order valence-corrected chi connectivity index (χ4v) is 2.38. The molecule has 0 bridgehead atoms. The molecule has 0 radical (unpaired) electrons. The lowest BCUT2D eigenvalue weighted by Crippen LogP contribution is -2.68. The summed E-state index contributed by atoms with van der Waals surface area (Å²) < 4.78 is 40.8. The second kappa shape index (κ2) is 5.26. The van der Waals surface area contributed by atoms with Crippen LogP contribution in [0.3, 0.4) is 0 Å². The van der Waals surface area contributed by atoms with Gasteiger partial charge in [-0.15, -0.1) is 21.6 Å². The molecule has 0 saturated heterocycles. The van der Waals surface area contributed by atoms with Crippen LogP contribution in [0.25, 0.3) is 10.1 Å². The summed E-state index contributed by atoms with van der Waals surface area (Å²) in [5, 5.41) is 1.30. The van der Waals surface area contributed by atoms with Gasteiger partial charge < -0.3 is 0 Å². The minimum Gasteiger partial charge on any atom is -0.222 e. The highest BCUT2D eigenvalue weighted by Crippen LogP contribution is 2.28. The van der Waals surface area contributed by atoms with Gasteiger partial charge in [0.1, 0.15) is 4.70 Å². The summed E-state index contributed by atoms with van der Waals surface area (Å²) in [5.74, 6) is 2.01. The van der Waals surface area contributed by atoms with Crippen molar-refractivity contribution in [2.45, 2.75) is 20.8 Å². The van der Waals surface area contributed by atoms with Crippen molar-refractivity contribution in [1.82, 2.24) is 0 Å². The Hall–Kier alpha value is -0.760. The fourth-order valence-electron chi connectivity index (χ4n) is 1.45. The third-order valence-electron chi connectivity index (χ3n) is 1.88. The van der Waals surface area contributed by atoms with Crippen molar-refractivity contribution in [1.29, 1.82) is 0 Å². The SMILES string of the molecule is Cc1cc2cc(C)sc2c(C)[o+]1.[O-][Cl+3]([O-])([O-])[O-]. The fraction of sp³-hybridized carbons (Fsp3) is 0.300. The molecular weight excluding hydrogens is 268 g/mol. The molecule has 94 valence electrons. The predicted octanol–water partition coefficient (Wildman–Crippen LogP) is -1.06. The van der Waals surface area contributed by atoms with Crippen molar-refractivity contribution in [2.24, 2.45) is 0 Å². The molecular formula is C10H11ClO5S. The van der Waals surface area contributed by atoms with E-state index in [2.05, 4.69) is 19.1 Å². The molecule has 17 heavy (non-hydrogen) atoms. The van der Waals surface area contributed by atoms with Crippen LogP contribution in [0, 0.1) is 31.0 Å². The molecule has 0 aliphatic heterocycles. The number of halogens is 1. The van der Waals surface area contributed by atoms with Crippen LogP contribution in [0.4, 0.5) is 0 Å². The standard InChI is InChI=1S/C10H11OS.ClHO4/c1-6-4-9-5-7(2)12-10(9)8(3)11-6;2-1(3,4)5/h4-5H,1-3H3;(H,2,3,4,5)/q+1;/p-1. The van der Waals surface area contributed by atoms with E-state index < -0.39 is 10.2 Å². The number of aryl methyl sites for hydroxylation is 3. The number of rotatable bonds is 0. The molecule has 2 heterocycles. The highest BCUT2D eigenvalue weighted by Gasteiger charge is 2.13. The Morgan fingerprint density at radius 1 is 1.06 bits per heavy atom. The lowest BCUT2D eigenvalue weighted by Gasteiger charge is -2.17. The highest BCUT2D eigenvalue weighted by atomic mass is 35.7. The zero-order chi connectivity index (χ0) is 13.2. The largest absolute Gasteiger partial charge is 0.344 e. The Bertz CT molecular complexity index is 511. The zero-order valence-electron chi connectivity index (χ0n) is 9.48. The average Bonchev–Trinajstić information content (AvgIpc) is 2.42. The highest BCUT2D eigenvalue weighted by molar-refractivity contribution is 7.19. The first kappa shape index (κ1) is 14.3. The maximum absolute atomic E-state index is 8.49. The van der Waals surface area contributed by atoms with E-state index in [1.807, 2.05) is 13.8 Å². The predicted molar refractivity (Wildman–Crippen MR) is 52.7 cm³/mol. The molecule has 0 aromatic carbocycles. The zero-order valence-corrected chi connectivity index (χ0v) is 11.1. The Morgan fingerprint density at radius 2 is 1.59 bits per heavy atom. The molecule has 0 saturated carbocycles. The molecule has 2 aromatic heterocycles. The van der Waals surface area contributed by atoms with Gasteiger partial charge in [-0.25, -0.2) is 23.1 Å². The molecule has 0 atom stereocenters. The van der Waals surface area contributed by atoms with Gasteiger partial charge in [0.2, 0.25) is 0 Å². The van der Waals surface area contributed by atoms with E-state index in [1.165, 1.54) is 15.0 Å². The molecule has 5 nitrogen and oxygen atoms in total. The van der Waals surface area contributed by atoms with Crippen LogP contribution in [0.1, 0.15) is 16.4 Å². The van der Waals surface area contributed by atoms with Crippen molar-refractivity contribution in [3.05, 3.63) is 28.5 Å². The van der Waals surface area contributed by atoms with E-state index in [9.17, 15) is 0 Å². The van der Waals surface area contributed by atoms with Gasteiger partial charge in [0.05, 0.1) is 13.8 Å². The molecule has 2 rings (SSSR count). The van der Waals surface area contributed by atoms with Crippen LogP contribution in [0.15, 0.2) is 16.5 Å². The van der Waals surface area contributed by atoms with Crippen molar-refractivity contribution < 1.29 is 33.3 Å². The minimum absolute atomic E-state index is 0.984. The normalized spacial score (nSPS) is 11.2. The smallest absolute Gasteiger partial charge is 0.222 e. The molecule has 0 aliphatic carbocycles. The Morgan fingerprint density at radius 3 is 2.12 bits per heavy atom. The first-order valence-electron chi connectivity index (χ1n) is 4.59.